The van der Waals surface area contributed by atoms with Crippen molar-refractivity contribution in [2.45, 2.75) is 6.92 Å². The first-order chi connectivity index (χ1) is 11.2. The summed E-state index contributed by atoms with van der Waals surface area (Å²) in [6.07, 6.45) is 0. The van der Waals surface area contributed by atoms with E-state index in [-0.39, 0.29) is 0 Å². The van der Waals surface area contributed by atoms with Crippen LogP contribution in [0.2, 0.25) is 0 Å². The lowest BCUT2D eigenvalue weighted by Gasteiger charge is -2.05. The Balaban J connectivity index is 2.07. The van der Waals surface area contributed by atoms with Gasteiger partial charge in [0.2, 0.25) is 4.80 Å². The van der Waals surface area contributed by atoms with Gasteiger partial charge in [0, 0.05) is 12.4 Å². The number of aromatic nitrogens is 1. The summed E-state index contributed by atoms with van der Waals surface area (Å²) in [6, 6.07) is 13.7. The Morgan fingerprint density at radius 1 is 1.17 bits per heavy atom. The number of benzene rings is 1. The van der Waals surface area contributed by atoms with Crippen molar-refractivity contribution in [2.24, 2.45) is 10.1 Å². The Kier molecular flexibility index (Phi) is 4.51. The van der Waals surface area contributed by atoms with Gasteiger partial charge < -0.3 is 0 Å². The highest BCUT2D eigenvalue weighted by Crippen LogP contribution is 2.25. The molecule has 4 nitrogen and oxygen atoms in total. The Hall–Kier alpha value is -2.49. The predicted molar refractivity (Wildman–Crippen MR) is 95.9 cm³/mol. The van der Waals surface area contributed by atoms with Crippen LogP contribution in [0.4, 0.5) is 0 Å². The fourth-order valence-electron chi connectivity index (χ4n) is 2.14. The molecule has 3 aromatic rings. The van der Waals surface area contributed by atoms with Crippen molar-refractivity contribution in [3.05, 3.63) is 63.1 Å². The number of nitrogens with zero attached hydrogens (tertiary/aromatic N) is 4. The third-order valence-corrected chi connectivity index (χ3v) is 5.13. The molecule has 0 aliphatic rings. The van der Waals surface area contributed by atoms with Crippen LogP contribution < -0.4 is 4.80 Å². The SMILES string of the molecule is CN=c1scc(-c2cccs2)n1N=C(C)c1ccc(C#N)cc1. The molecule has 0 fully saturated rings. The van der Waals surface area contributed by atoms with Crippen LogP contribution in [0.3, 0.4) is 0 Å². The van der Waals surface area contributed by atoms with Crippen LogP contribution in [0.5, 0.6) is 0 Å². The molecule has 0 radical (unpaired) electrons. The number of hydrogen-bond acceptors (Lipinski definition) is 5. The zero-order valence-corrected chi connectivity index (χ0v) is 14.4. The van der Waals surface area contributed by atoms with E-state index in [0.29, 0.717) is 5.56 Å². The van der Waals surface area contributed by atoms with Gasteiger partial charge in [-0.1, -0.05) is 18.2 Å². The molecular formula is C17H14N4S2. The van der Waals surface area contributed by atoms with E-state index in [1.54, 1.807) is 41.9 Å². The molecule has 2 aromatic heterocycles. The number of rotatable bonds is 3. The van der Waals surface area contributed by atoms with Crippen molar-refractivity contribution in [3.8, 4) is 16.6 Å². The summed E-state index contributed by atoms with van der Waals surface area (Å²) in [6.45, 7) is 1.96. The highest BCUT2D eigenvalue weighted by atomic mass is 32.1. The van der Waals surface area contributed by atoms with Crippen LogP contribution in [0.1, 0.15) is 18.1 Å². The van der Waals surface area contributed by atoms with Gasteiger partial charge in [-0.2, -0.15) is 10.4 Å². The maximum atomic E-state index is 8.89. The van der Waals surface area contributed by atoms with Gasteiger partial charge in [0.05, 0.1) is 27.9 Å². The first kappa shape index (κ1) is 15.4. The van der Waals surface area contributed by atoms with Crippen molar-refractivity contribution < 1.29 is 0 Å². The van der Waals surface area contributed by atoms with Crippen molar-refractivity contribution in [2.75, 3.05) is 7.05 Å². The summed E-state index contributed by atoms with van der Waals surface area (Å²) < 4.78 is 1.88. The van der Waals surface area contributed by atoms with Gasteiger partial charge >= 0.3 is 0 Å². The third kappa shape index (κ3) is 3.16. The molecular weight excluding hydrogens is 324 g/mol. The fourth-order valence-corrected chi connectivity index (χ4v) is 3.73. The van der Waals surface area contributed by atoms with Gasteiger partial charge in [-0.05, 0) is 36.1 Å². The molecule has 0 bridgehead atoms. The van der Waals surface area contributed by atoms with Crippen molar-refractivity contribution in [1.29, 1.82) is 5.26 Å². The molecule has 0 N–H and O–H groups in total. The second-order valence-electron chi connectivity index (χ2n) is 4.79. The minimum atomic E-state index is 0.647. The molecule has 0 aliphatic carbocycles. The Labute approximate surface area is 142 Å². The largest absolute Gasteiger partial charge is 0.261 e. The molecule has 0 spiro atoms. The predicted octanol–water partition coefficient (Wildman–Crippen LogP) is 3.95. The van der Waals surface area contributed by atoms with Gasteiger partial charge in [0.25, 0.3) is 0 Å². The van der Waals surface area contributed by atoms with Gasteiger partial charge in [-0.15, -0.1) is 22.7 Å². The summed E-state index contributed by atoms with van der Waals surface area (Å²) in [5, 5.41) is 17.8. The summed E-state index contributed by atoms with van der Waals surface area (Å²) in [4.78, 5) is 6.32. The van der Waals surface area contributed by atoms with E-state index in [1.165, 1.54) is 0 Å². The zero-order valence-electron chi connectivity index (χ0n) is 12.7. The van der Waals surface area contributed by atoms with Crippen molar-refractivity contribution >= 4 is 28.4 Å². The average molecular weight is 338 g/mol. The minimum Gasteiger partial charge on any atom is -0.261 e. The molecule has 0 amide bonds. The first-order valence-electron chi connectivity index (χ1n) is 6.96. The Morgan fingerprint density at radius 3 is 2.57 bits per heavy atom. The second kappa shape index (κ2) is 6.73. The third-order valence-electron chi connectivity index (χ3n) is 3.33. The molecule has 0 atom stereocenters. The van der Waals surface area contributed by atoms with E-state index >= 15 is 0 Å². The van der Waals surface area contributed by atoms with E-state index in [9.17, 15) is 0 Å². The van der Waals surface area contributed by atoms with E-state index in [4.69, 9.17) is 10.4 Å². The van der Waals surface area contributed by atoms with Gasteiger partial charge in [-0.25, -0.2) is 4.68 Å². The van der Waals surface area contributed by atoms with E-state index in [1.807, 2.05) is 29.8 Å². The summed E-state index contributed by atoms with van der Waals surface area (Å²) >= 11 is 3.25. The monoisotopic (exact) mass is 338 g/mol. The van der Waals surface area contributed by atoms with Crippen molar-refractivity contribution in [3.63, 3.8) is 0 Å². The van der Waals surface area contributed by atoms with E-state index in [0.717, 1.165) is 26.6 Å². The Bertz CT molecular complexity index is 936. The number of thiophene rings is 1. The highest BCUT2D eigenvalue weighted by molar-refractivity contribution is 7.14. The van der Waals surface area contributed by atoms with Crippen LogP contribution in [0, 0.1) is 11.3 Å². The maximum absolute atomic E-state index is 8.89. The lowest BCUT2D eigenvalue weighted by Crippen LogP contribution is -2.13. The van der Waals surface area contributed by atoms with Gasteiger partial charge in [0.15, 0.2) is 0 Å². The quantitative estimate of drug-likeness (QED) is 0.667. The van der Waals surface area contributed by atoms with Gasteiger partial charge in [-0.3, -0.25) is 4.99 Å². The fraction of sp³-hybridized carbons (Fsp3) is 0.118. The summed E-state index contributed by atoms with van der Waals surface area (Å²) in [5.74, 6) is 0. The van der Waals surface area contributed by atoms with Gasteiger partial charge in [0.1, 0.15) is 0 Å². The molecule has 2 heterocycles. The number of thiazole rings is 1. The topological polar surface area (TPSA) is 53.4 Å². The molecule has 0 saturated carbocycles. The normalized spacial score (nSPS) is 12.4. The maximum Gasteiger partial charge on any atom is 0.205 e. The first-order valence-corrected chi connectivity index (χ1v) is 8.72. The average Bonchev–Trinajstić information content (AvgIpc) is 3.24. The van der Waals surface area contributed by atoms with Crippen molar-refractivity contribution in [1.82, 2.24) is 4.68 Å². The lowest BCUT2D eigenvalue weighted by molar-refractivity contribution is 0.844. The van der Waals surface area contributed by atoms with Crippen LogP contribution in [-0.2, 0) is 0 Å². The second-order valence-corrected chi connectivity index (χ2v) is 6.58. The van der Waals surface area contributed by atoms with Crippen LogP contribution in [0.15, 0.2) is 57.3 Å². The molecule has 0 unspecified atom stereocenters. The summed E-state index contributed by atoms with van der Waals surface area (Å²) in [7, 11) is 1.77. The molecule has 0 saturated heterocycles. The minimum absolute atomic E-state index is 0.647. The smallest absolute Gasteiger partial charge is 0.205 e. The molecule has 23 heavy (non-hydrogen) atoms. The number of hydrogen-bond donors (Lipinski definition) is 0. The van der Waals surface area contributed by atoms with E-state index in [2.05, 4.69) is 27.9 Å². The van der Waals surface area contributed by atoms with Crippen LogP contribution in [-0.4, -0.2) is 17.4 Å². The van der Waals surface area contributed by atoms with E-state index < -0.39 is 0 Å². The highest BCUT2D eigenvalue weighted by Gasteiger charge is 2.09. The lowest BCUT2D eigenvalue weighted by atomic mass is 10.1. The molecule has 3 rings (SSSR count). The Morgan fingerprint density at radius 2 is 1.96 bits per heavy atom. The molecule has 114 valence electrons. The molecule has 1 aromatic carbocycles. The number of nitriles is 1. The van der Waals surface area contributed by atoms with Crippen LogP contribution >= 0.6 is 22.7 Å². The van der Waals surface area contributed by atoms with Crippen LogP contribution in [0.25, 0.3) is 10.6 Å². The molecule has 0 aliphatic heterocycles. The molecule has 6 heteroatoms. The zero-order chi connectivity index (χ0) is 16.2. The standard InChI is InChI=1S/C17H14N4S2/c1-12(14-7-5-13(10-18)6-8-14)20-21-15(11-23-17(21)19-2)16-4-3-9-22-16/h3-9,11H,1-2H3. The summed E-state index contributed by atoms with van der Waals surface area (Å²) in [5.41, 5.74) is 3.55.